The number of nitrogens with zero attached hydrogens (tertiary/aromatic N) is 4. The van der Waals surface area contributed by atoms with E-state index in [-0.39, 0.29) is 11.4 Å². The van der Waals surface area contributed by atoms with Crippen molar-refractivity contribution in [2.75, 3.05) is 18.0 Å². The fourth-order valence-electron chi connectivity index (χ4n) is 4.50. The quantitative estimate of drug-likeness (QED) is 0.775. The van der Waals surface area contributed by atoms with Crippen molar-refractivity contribution >= 4 is 11.7 Å². The highest BCUT2D eigenvalue weighted by molar-refractivity contribution is 5.79. The molecule has 0 aliphatic carbocycles. The Morgan fingerprint density at radius 2 is 1.83 bits per heavy atom. The van der Waals surface area contributed by atoms with Crippen LogP contribution in [0.15, 0.2) is 42.7 Å². The summed E-state index contributed by atoms with van der Waals surface area (Å²) in [4.78, 5) is 23.9. The maximum absolute atomic E-state index is 13.0. The van der Waals surface area contributed by atoms with Gasteiger partial charge in [0.25, 0.3) is 0 Å². The normalized spacial score (nSPS) is 22.9. The van der Waals surface area contributed by atoms with Gasteiger partial charge >= 0.3 is 6.18 Å². The Kier molecular flexibility index (Phi) is 5.19. The first-order valence-corrected chi connectivity index (χ1v) is 9.86. The van der Waals surface area contributed by atoms with Gasteiger partial charge in [-0.1, -0.05) is 30.3 Å². The van der Waals surface area contributed by atoms with Gasteiger partial charge in [0, 0.05) is 37.7 Å². The SMILES string of the molecule is O=C1CC[C@]2(CCCN(c3cc(C(F)(F)F)ncn3)CC2)N1Cc1ccccc1. The van der Waals surface area contributed by atoms with Crippen LogP contribution in [0.1, 0.15) is 43.4 Å². The van der Waals surface area contributed by atoms with Crippen LogP contribution in [0, 0.1) is 0 Å². The summed E-state index contributed by atoms with van der Waals surface area (Å²) in [5.41, 5.74) is -0.0706. The summed E-state index contributed by atoms with van der Waals surface area (Å²) in [6, 6.07) is 10.9. The van der Waals surface area contributed by atoms with E-state index in [4.69, 9.17) is 0 Å². The van der Waals surface area contributed by atoms with Crippen LogP contribution < -0.4 is 4.90 Å². The Labute approximate surface area is 167 Å². The summed E-state index contributed by atoms with van der Waals surface area (Å²) in [5, 5.41) is 0. The highest BCUT2D eigenvalue weighted by atomic mass is 19.4. The van der Waals surface area contributed by atoms with E-state index in [2.05, 4.69) is 9.97 Å². The molecular formula is C21H23F3N4O. The second-order valence-corrected chi connectivity index (χ2v) is 7.79. The van der Waals surface area contributed by atoms with Crippen molar-refractivity contribution in [3.63, 3.8) is 0 Å². The number of hydrogen-bond acceptors (Lipinski definition) is 4. The number of aromatic nitrogens is 2. The van der Waals surface area contributed by atoms with E-state index in [1.165, 1.54) is 0 Å². The van der Waals surface area contributed by atoms with Crippen LogP contribution in [0.5, 0.6) is 0 Å². The lowest BCUT2D eigenvalue weighted by Gasteiger charge is -2.38. The highest BCUT2D eigenvalue weighted by Crippen LogP contribution is 2.40. The minimum Gasteiger partial charge on any atom is -0.356 e. The second kappa shape index (κ2) is 7.65. The summed E-state index contributed by atoms with van der Waals surface area (Å²) in [6.45, 7) is 1.75. The number of amides is 1. The van der Waals surface area contributed by atoms with Gasteiger partial charge in [0.1, 0.15) is 17.8 Å². The molecule has 1 aromatic heterocycles. The minimum atomic E-state index is -4.49. The van der Waals surface area contributed by atoms with E-state index in [1.807, 2.05) is 40.1 Å². The van der Waals surface area contributed by atoms with E-state index in [9.17, 15) is 18.0 Å². The smallest absolute Gasteiger partial charge is 0.356 e. The molecule has 154 valence electrons. The lowest BCUT2D eigenvalue weighted by Crippen LogP contribution is -2.46. The first kappa shape index (κ1) is 19.7. The number of likely N-dealkylation sites (tertiary alicyclic amines) is 1. The summed E-state index contributed by atoms with van der Waals surface area (Å²) in [6.07, 6.45) is 0.164. The average molecular weight is 404 g/mol. The zero-order valence-corrected chi connectivity index (χ0v) is 16.0. The maximum atomic E-state index is 13.0. The molecule has 0 saturated carbocycles. The van der Waals surface area contributed by atoms with Crippen LogP contribution in [0.4, 0.5) is 19.0 Å². The van der Waals surface area contributed by atoms with Gasteiger partial charge in [0.15, 0.2) is 0 Å². The van der Waals surface area contributed by atoms with Crippen LogP contribution in [0.2, 0.25) is 0 Å². The van der Waals surface area contributed by atoms with E-state index in [0.29, 0.717) is 31.9 Å². The van der Waals surface area contributed by atoms with Crippen molar-refractivity contribution in [1.29, 1.82) is 0 Å². The number of carbonyl (C=O) groups excluding carboxylic acids is 1. The molecule has 8 heteroatoms. The topological polar surface area (TPSA) is 49.3 Å². The molecular weight excluding hydrogens is 381 g/mol. The maximum Gasteiger partial charge on any atom is 0.433 e. The molecule has 0 unspecified atom stereocenters. The third kappa shape index (κ3) is 4.06. The molecule has 2 fully saturated rings. The number of carbonyl (C=O) groups is 1. The Balaban J connectivity index is 1.52. The van der Waals surface area contributed by atoms with Gasteiger partial charge in [0.2, 0.25) is 5.91 Å². The van der Waals surface area contributed by atoms with Crippen LogP contribution in [0.25, 0.3) is 0 Å². The van der Waals surface area contributed by atoms with Crippen LogP contribution >= 0.6 is 0 Å². The number of halogens is 3. The zero-order valence-electron chi connectivity index (χ0n) is 16.0. The third-order valence-corrected chi connectivity index (χ3v) is 6.05. The number of hydrogen-bond donors (Lipinski definition) is 0. The molecule has 0 N–H and O–H groups in total. The number of anilines is 1. The monoisotopic (exact) mass is 404 g/mol. The first-order valence-electron chi connectivity index (χ1n) is 9.86. The number of alkyl halides is 3. The van der Waals surface area contributed by atoms with Gasteiger partial charge in [-0.3, -0.25) is 4.79 Å². The fraction of sp³-hybridized carbons (Fsp3) is 0.476. The molecule has 1 spiro atoms. The molecule has 1 amide bonds. The Morgan fingerprint density at radius 1 is 1.03 bits per heavy atom. The molecule has 2 saturated heterocycles. The number of rotatable bonds is 3. The molecule has 0 bridgehead atoms. The summed E-state index contributed by atoms with van der Waals surface area (Å²) in [5.74, 6) is 0.451. The van der Waals surface area contributed by atoms with Gasteiger partial charge in [-0.05, 0) is 31.2 Å². The highest BCUT2D eigenvalue weighted by Gasteiger charge is 2.45. The van der Waals surface area contributed by atoms with E-state index < -0.39 is 11.9 Å². The molecule has 2 aromatic rings. The zero-order chi connectivity index (χ0) is 20.5. The van der Waals surface area contributed by atoms with E-state index in [0.717, 1.165) is 43.6 Å². The largest absolute Gasteiger partial charge is 0.433 e. The minimum absolute atomic E-state index is 0.156. The van der Waals surface area contributed by atoms with E-state index in [1.54, 1.807) is 0 Å². The first-order chi connectivity index (χ1) is 13.9. The van der Waals surface area contributed by atoms with Crippen molar-refractivity contribution in [1.82, 2.24) is 14.9 Å². The number of benzene rings is 1. The van der Waals surface area contributed by atoms with Crippen molar-refractivity contribution in [3.8, 4) is 0 Å². The molecule has 2 aliphatic heterocycles. The van der Waals surface area contributed by atoms with Gasteiger partial charge in [-0.15, -0.1) is 0 Å². The van der Waals surface area contributed by atoms with Crippen LogP contribution in [-0.4, -0.2) is 39.4 Å². The molecule has 4 rings (SSSR count). The molecule has 1 atom stereocenters. The predicted molar refractivity (Wildman–Crippen MR) is 102 cm³/mol. The van der Waals surface area contributed by atoms with Crippen LogP contribution in [0.3, 0.4) is 0 Å². The Bertz CT molecular complexity index is 874. The predicted octanol–water partition coefficient (Wildman–Crippen LogP) is 4.05. The van der Waals surface area contributed by atoms with Gasteiger partial charge in [-0.2, -0.15) is 13.2 Å². The Morgan fingerprint density at radius 3 is 2.59 bits per heavy atom. The molecule has 3 heterocycles. The molecule has 0 radical (unpaired) electrons. The van der Waals surface area contributed by atoms with Crippen molar-refractivity contribution in [2.24, 2.45) is 0 Å². The lowest BCUT2D eigenvalue weighted by atomic mass is 9.87. The molecule has 5 nitrogen and oxygen atoms in total. The summed E-state index contributed by atoms with van der Waals surface area (Å²) < 4.78 is 39.0. The molecule has 1 aromatic carbocycles. The second-order valence-electron chi connectivity index (χ2n) is 7.79. The summed E-state index contributed by atoms with van der Waals surface area (Å²) >= 11 is 0. The third-order valence-electron chi connectivity index (χ3n) is 6.05. The molecule has 2 aliphatic rings. The fourth-order valence-corrected chi connectivity index (χ4v) is 4.50. The van der Waals surface area contributed by atoms with Crippen molar-refractivity contribution < 1.29 is 18.0 Å². The van der Waals surface area contributed by atoms with Crippen molar-refractivity contribution in [2.45, 2.75) is 50.4 Å². The van der Waals surface area contributed by atoms with Gasteiger partial charge < -0.3 is 9.80 Å². The van der Waals surface area contributed by atoms with E-state index >= 15 is 0 Å². The van der Waals surface area contributed by atoms with Gasteiger partial charge in [0.05, 0.1) is 0 Å². The molecule has 29 heavy (non-hydrogen) atoms. The summed E-state index contributed by atoms with van der Waals surface area (Å²) in [7, 11) is 0. The standard InChI is InChI=1S/C21H23F3N4O/c22-21(23,24)17-13-18(26-15-25-17)27-11-4-8-20(10-12-27)9-7-19(29)28(20)14-16-5-2-1-3-6-16/h1-3,5-6,13,15H,4,7-12,14H2/t20-/m0/s1. The average Bonchev–Trinajstić information content (AvgIpc) is 2.89. The van der Waals surface area contributed by atoms with Gasteiger partial charge in [-0.25, -0.2) is 9.97 Å². The van der Waals surface area contributed by atoms with Crippen molar-refractivity contribution in [3.05, 3.63) is 54.0 Å². The van der Waals surface area contributed by atoms with Crippen LogP contribution in [-0.2, 0) is 17.5 Å². The lowest BCUT2D eigenvalue weighted by molar-refractivity contribution is -0.141. The Hall–Kier alpha value is -2.64.